The third-order valence-corrected chi connectivity index (χ3v) is 7.07. The number of fused-ring (bicyclic) bond motifs is 2. The van der Waals surface area contributed by atoms with Crippen molar-refractivity contribution in [2.24, 2.45) is 4.36 Å². The standard InChI is InChI=1S/C24H26ClN5O3S/c1-4-20(31)29-8-9-30-17(12-29)13-33-23-21-19(26-14-27-24(21)30)11-18(22(23)25)15-6-5-7-16(10-15)28-34(2,3)32/h4-7,10-11,14,17,34H,1,8-9,12-13H2,2-3H3,(H,28,32)/t17-/m0/s1. The number of piperazine rings is 1. The maximum atomic E-state index is 12.2. The molecule has 1 saturated heterocycles. The lowest BCUT2D eigenvalue weighted by Crippen LogP contribution is -2.56. The molecule has 3 heterocycles. The summed E-state index contributed by atoms with van der Waals surface area (Å²) < 4.78 is 20.9. The summed E-state index contributed by atoms with van der Waals surface area (Å²) in [5, 5.41) is 1.24. The van der Waals surface area contributed by atoms with E-state index in [9.17, 15) is 9.35 Å². The fourth-order valence-corrected chi connectivity index (χ4v) is 5.52. The lowest BCUT2D eigenvalue weighted by atomic mass is 10.0. The number of hydrogen-bond donors (Lipinski definition) is 2. The van der Waals surface area contributed by atoms with Gasteiger partial charge >= 0.3 is 0 Å². The van der Waals surface area contributed by atoms with E-state index in [1.165, 1.54) is 6.08 Å². The van der Waals surface area contributed by atoms with Gasteiger partial charge in [0, 0.05) is 25.2 Å². The first-order chi connectivity index (χ1) is 16.2. The molecule has 1 atom stereocenters. The van der Waals surface area contributed by atoms with E-state index in [1.807, 2.05) is 30.3 Å². The lowest BCUT2D eigenvalue weighted by molar-refractivity contribution is -0.126. The second-order valence-electron chi connectivity index (χ2n) is 8.79. The highest BCUT2D eigenvalue weighted by atomic mass is 35.5. The third kappa shape index (κ3) is 4.15. The van der Waals surface area contributed by atoms with Gasteiger partial charge in [0.1, 0.15) is 18.8 Å². The van der Waals surface area contributed by atoms with Gasteiger partial charge in [0.2, 0.25) is 5.91 Å². The minimum absolute atomic E-state index is 0.0689. The number of amides is 1. The summed E-state index contributed by atoms with van der Waals surface area (Å²) >= 11 is 6.94. The van der Waals surface area contributed by atoms with Crippen LogP contribution < -0.4 is 9.64 Å². The second-order valence-corrected chi connectivity index (χ2v) is 12.0. The van der Waals surface area contributed by atoms with Crippen molar-refractivity contribution in [3.8, 4) is 16.9 Å². The first-order valence-corrected chi connectivity index (χ1v) is 13.9. The Kier molecular flexibility index (Phi) is 5.79. The quantitative estimate of drug-likeness (QED) is 0.418. The van der Waals surface area contributed by atoms with Gasteiger partial charge in [-0.3, -0.25) is 4.79 Å². The zero-order valence-electron chi connectivity index (χ0n) is 19.0. The summed E-state index contributed by atoms with van der Waals surface area (Å²) in [6.45, 7) is 5.68. The zero-order valence-corrected chi connectivity index (χ0v) is 20.6. The van der Waals surface area contributed by atoms with Gasteiger partial charge in [0.25, 0.3) is 0 Å². The van der Waals surface area contributed by atoms with E-state index in [4.69, 9.17) is 16.3 Å². The minimum atomic E-state index is -2.34. The van der Waals surface area contributed by atoms with E-state index in [1.54, 1.807) is 23.7 Å². The minimum Gasteiger partial charge on any atom is -0.489 e. The molecule has 1 aromatic heterocycles. The molecule has 0 unspecified atom stereocenters. The lowest BCUT2D eigenvalue weighted by Gasteiger charge is -2.40. The molecule has 3 aromatic rings. The predicted octanol–water partition coefficient (Wildman–Crippen LogP) is 3.98. The van der Waals surface area contributed by atoms with Crippen LogP contribution in [0.5, 0.6) is 5.75 Å². The van der Waals surface area contributed by atoms with Crippen LogP contribution in [0.4, 0.5) is 11.5 Å². The van der Waals surface area contributed by atoms with Gasteiger partial charge in [-0.1, -0.05) is 30.3 Å². The number of nitrogens with zero attached hydrogens (tertiary/aromatic N) is 5. The maximum Gasteiger partial charge on any atom is 0.246 e. The Morgan fingerprint density at radius 1 is 1.32 bits per heavy atom. The monoisotopic (exact) mass is 499 g/mol. The number of carbonyl (C=O) groups excluding carboxylic acids is 1. The molecule has 0 bridgehead atoms. The number of aromatic nitrogens is 2. The topological polar surface area (TPSA) is 91.2 Å². The van der Waals surface area contributed by atoms with Crippen LogP contribution in [0.3, 0.4) is 0 Å². The second kappa shape index (κ2) is 8.65. The van der Waals surface area contributed by atoms with Crippen molar-refractivity contribution < 1.29 is 14.1 Å². The van der Waals surface area contributed by atoms with Gasteiger partial charge in [0.05, 0.1) is 27.7 Å². The van der Waals surface area contributed by atoms with E-state index in [2.05, 4.69) is 25.8 Å². The number of benzene rings is 2. The summed E-state index contributed by atoms with van der Waals surface area (Å²) in [5.74, 6) is 1.21. The van der Waals surface area contributed by atoms with Crippen LogP contribution in [0, 0.1) is 0 Å². The molecule has 0 radical (unpaired) electrons. The van der Waals surface area contributed by atoms with Crippen molar-refractivity contribution in [3.63, 3.8) is 0 Å². The molecular formula is C24H26ClN5O3S. The molecule has 2 aromatic carbocycles. The first kappa shape index (κ1) is 22.8. The highest BCUT2D eigenvalue weighted by molar-refractivity contribution is 7.98. The normalized spacial score (nSPS) is 18.1. The number of anilines is 1. The van der Waals surface area contributed by atoms with Crippen LogP contribution in [-0.2, 0) is 14.9 Å². The van der Waals surface area contributed by atoms with E-state index in [-0.39, 0.29) is 11.9 Å². The summed E-state index contributed by atoms with van der Waals surface area (Å²) in [7, 11) is -2.34. The smallest absolute Gasteiger partial charge is 0.246 e. The number of rotatable bonds is 3. The van der Waals surface area contributed by atoms with Crippen molar-refractivity contribution in [1.82, 2.24) is 14.9 Å². The van der Waals surface area contributed by atoms with Crippen LogP contribution in [0.15, 0.2) is 53.7 Å². The fourth-order valence-electron chi connectivity index (χ4n) is 4.52. The summed E-state index contributed by atoms with van der Waals surface area (Å²) in [4.78, 5) is 25.2. The summed E-state index contributed by atoms with van der Waals surface area (Å²) in [6, 6.07) is 9.46. The van der Waals surface area contributed by atoms with Gasteiger partial charge in [-0.15, -0.1) is 10.1 Å². The van der Waals surface area contributed by atoms with Crippen LogP contribution in [0.1, 0.15) is 0 Å². The Bertz CT molecular complexity index is 1360. The Hall–Kier alpha value is -3.01. The molecule has 5 rings (SSSR count). The number of carbonyl (C=O) groups is 1. The molecule has 1 N–H and O–H groups in total. The van der Waals surface area contributed by atoms with Gasteiger partial charge in [-0.2, -0.15) is 0 Å². The van der Waals surface area contributed by atoms with Gasteiger partial charge in [-0.05, 0) is 42.4 Å². The van der Waals surface area contributed by atoms with Crippen molar-refractivity contribution in [2.75, 3.05) is 43.7 Å². The molecule has 1 fully saturated rings. The molecule has 0 aliphatic carbocycles. The molecule has 0 saturated carbocycles. The Morgan fingerprint density at radius 3 is 2.91 bits per heavy atom. The third-order valence-electron chi connectivity index (χ3n) is 5.98. The SMILES string of the molecule is C=CC(=O)N1CCN2c3ncnc4cc(-c5cccc(N=[SH](C)(C)O)c5)c(Cl)c(c34)OC[C@@H]2C1. The van der Waals surface area contributed by atoms with E-state index in [0.29, 0.717) is 42.7 Å². The van der Waals surface area contributed by atoms with E-state index >= 15 is 0 Å². The van der Waals surface area contributed by atoms with Crippen molar-refractivity contribution in [1.29, 1.82) is 0 Å². The molecule has 0 spiro atoms. The van der Waals surface area contributed by atoms with E-state index in [0.717, 1.165) is 27.8 Å². The Labute approximate surface area is 204 Å². The number of ether oxygens (including phenoxy) is 1. The van der Waals surface area contributed by atoms with Gasteiger partial charge in [-0.25, -0.2) is 14.3 Å². The fraction of sp³-hybridized carbons (Fsp3) is 0.292. The average Bonchev–Trinajstić information content (AvgIpc) is 2.97. The molecule has 2 aliphatic heterocycles. The highest BCUT2D eigenvalue weighted by Gasteiger charge is 2.35. The van der Waals surface area contributed by atoms with Crippen LogP contribution in [-0.4, -0.2) is 70.1 Å². The van der Waals surface area contributed by atoms with E-state index < -0.39 is 10.1 Å². The van der Waals surface area contributed by atoms with Crippen LogP contribution in [0.2, 0.25) is 5.02 Å². The molecule has 10 heteroatoms. The first-order valence-electron chi connectivity index (χ1n) is 10.9. The zero-order chi connectivity index (χ0) is 24.0. The summed E-state index contributed by atoms with van der Waals surface area (Å²) in [5.41, 5.74) is 3.03. The molecule has 178 valence electrons. The summed E-state index contributed by atoms with van der Waals surface area (Å²) in [6.07, 6.45) is 6.36. The van der Waals surface area contributed by atoms with Crippen LogP contribution in [0.25, 0.3) is 22.0 Å². The molecule has 8 nitrogen and oxygen atoms in total. The average molecular weight is 500 g/mol. The van der Waals surface area contributed by atoms with Gasteiger partial charge < -0.3 is 19.1 Å². The van der Waals surface area contributed by atoms with Crippen molar-refractivity contribution >= 4 is 50.0 Å². The van der Waals surface area contributed by atoms with Crippen molar-refractivity contribution in [2.45, 2.75) is 6.04 Å². The number of hydrogen-bond acceptors (Lipinski definition) is 6. The highest BCUT2D eigenvalue weighted by Crippen LogP contribution is 2.46. The molecule has 34 heavy (non-hydrogen) atoms. The molecule has 2 aliphatic rings. The maximum absolute atomic E-state index is 12.2. The molecule has 1 amide bonds. The Balaban J connectivity index is 1.61. The van der Waals surface area contributed by atoms with Crippen LogP contribution >= 0.6 is 11.6 Å². The van der Waals surface area contributed by atoms with Crippen molar-refractivity contribution in [3.05, 3.63) is 54.3 Å². The van der Waals surface area contributed by atoms with Gasteiger partial charge in [0.15, 0.2) is 5.75 Å². The number of thiol groups is 1. The largest absolute Gasteiger partial charge is 0.489 e. The number of halogens is 1. The predicted molar refractivity (Wildman–Crippen MR) is 139 cm³/mol. The molecular weight excluding hydrogens is 474 g/mol. The Morgan fingerprint density at radius 2 is 2.15 bits per heavy atom.